The molecule has 1 heterocycles. The number of methoxy groups -OCH3 is 1. The van der Waals surface area contributed by atoms with Crippen LogP contribution >= 0.6 is 0 Å². The summed E-state index contributed by atoms with van der Waals surface area (Å²) in [7, 11) is 1.56. The van der Waals surface area contributed by atoms with Crippen LogP contribution in [0.2, 0.25) is 0 Å². The van der Waals surface area contributed by atoms with Gasteiger partial charge in [0.2, 0.25) is 5.91 Å². The molecule has 0 atom stereocenters. The third-order valence-electron chi connectivity index (χ3n) is 6.29. The van der Waals surface area contributed by atoms with Crippen molar-refractivity contribution < 1.29 is 22.7 Å². The molecule has 0 aliphatic carbocycles. The van der Waals surface area contributed by atoms with Gasteiger partial charge in [0.15, 0.2) is 0 Å². The Hall–Kier alpha value is -4.45. The molecule has 5 rings (SSSR count). The molecule has 0 bridgehead atoms. The van der Waals surface area contributed by atoms with E-state index >= 15 is 0 Å². The van der Waals surface area contributed by atoms with Crippen molar-refractivity contribution in [2.75, 3.05) is 12.4 Å². The molecule has 5 aromatic rings. The van der Waals surface area contributed by atoms with Gasteiger partial charge in [-0.25, -0.2) is 8.78 Å². The van der Waals surface area contributed by atoms with Gasteiger partial charge in [-0.2, -0.15) is 0 Å². The second kappa shape index (κ2) is 9.30. The standard InChI is InChI=1S/C30H23F2NO3/c1-17(13-28(34)33-27-12-11-20(31)14-26(27)32)23-15-24-25(16-36-30(24)18(2)29(23)35-3)22-10-6-8-19-7-4-5-9-21(19)22/h4-16H,1-3H3,(H,33,34)/b17-13+. The molecule has 36 heavy (non-hydrogen) atoms. The first-order valence-corrected chi connectivity index (χ1v) is 11.4. The van der Waals surface area contributed by atoms with Crippen molar-refractivity contribution in [3.63, 3.8) is 0 Å². The number of furan rings is 1. The second-order valence-corrected chi connectivity index (χ2v) is 8.58. The lowest BCUT2D eigenvalue weighted by molar-refractivity contribution is -0.111. The van der Waals surface area contributed by atoms with Crippen molar-refractivity contribution in [1.82, 2.24) is 0 Å². The maximum absolute atomic E-state index is 14.0. The Bertz CT molecular complexity index is 1660. The average Bonchev–Trinajstić information content (AvgIpc) is 3.29. The van der Waals surface area contributed by atoms with Crippen LogP contribution < -0.4 is 10.1 Å². The highest BCUT2D eigenvalue weighted by Crippen LogP contribution is 2.42. The number of carbonyl (C=O) groups is 1. The smallest absolute Gasteiger partial charge is 0.248 e. The van der Waals surface area contributed by atoms with Crippen LogP contribution in [0.4, 0.5) is 14.5 Å². The molecule has 0 spiro atoms. The SMILES string of the molecule is COc1c(/C(C)=C/C(=O)Nc2ccc(F)cc2F)cc2c(-c3cccc4ccccc34)coc2c1C. The fourth-order valence-corrected chi connectivity index (χ4v) is 4.57. The Morgan fingerprint density at radius 2 is 1.75 bits per heavy atom. The van der Waals surface area contributed by atoms with E-state index in [1.54, 1.807) is 20.3 Å². The van der Waals surface area contributed by atoms with Crippen molar-refractivity contribution in [2.45, 2.75) is 13.8 Å². The quantitative estimate of drug-likeness (QED) is 0.259. The molecule has 0 saturated heterocycles. The molecule has 4 aromatic carbocycles. The molecule has 6 heteroatoms. The minimum Gasteiger partial charge on any atom is -0.496 e. The number of rotatable bonds is 5. The Kier molecular flexibility index (Phi) is 6.02. The van der Waals surface area contributed by atoms with Crippen LogP contribution in [0.25, 0.3) is 38.4 Å². The summed E-state index contributed by atoms with van der Waals surface area (Å²) in [6, 6.07) is 19.2. The number of carbonyl (C=O) groups excluding carboxylic acids is 1. The summed E-state index contributed by atoms with van der Waals surface area (Å²) in [6.07, 6.45) is 3.11. The molecule has 0 aliphatic rings. The summed E-state index contributed by atoms with van der Waals surface area (Å²) in [6.45, 7) is 3.68. The lowest BCUT2D eigenvalue weighted by Gasteiger charge is -2.14. The Labute approximate surface area is 206 Å². The summed E-state index contributed by atoms with van der Waals surface area (Å²) in [4.78, 5) is 12.7. The molecule has 1 aromatic heterocycles. The highest BCUT2D eigenvalue weighted by atomic mass is 19.1. The topological polar surface area (TPSA) is 51.5 Å². The Balaban J connectivity index is 1.60. The number of halogens is 2. The van der Waals surface area contributed by atoms with Gasteiger partial charge in [-0.05, 0) is 54.0 Å². The predicted octanol–water partition coefficient (Wildman–Crippen LogP) is 7.89. The van der Waals surface area contributed by atoms with Crippen LogP contribution in [-0.2, 0) is 4.79 Å². The molecule has 0 unspecified atom stereocenters. The number of hydrogen-bond donors (Lipinski definition) is 1. The van der Waals surface area contributed by atoms with E-state index in [2.05, 4.69) is 29.6 Å². The zero-order valence-electron chi connectivity index (χ0n) is 20.0. The highest BCUT2D eigenvalue weighted by molar-refractivity contribution is 6.08. The number of hydrogen-bond acceptors (Lipinski definition) is 3. The minimum absolute atomic E-state index is 0.0999. The number of amides is 1. The van der Waals surface area contributed by atoms with E-state index in [0.29, 0.717) is 22.5 Å². The molecule has 1 N–H and O–H groups in total. The molecule has 0 radical (unpaired) electrons. The van der Waals surface area contributed by atoms with E-state index in [9.17, 15) is 13.6 Å². The predicted molar refractivity (Wildman–Crippen MR) is 139 cm³/mol. The van der Waals surface area contributed by atoms with E-state index in [1.807, 2.05) is 31.2 Å². The van der Waals surface area contributed by atoms with Crippen molar-refractivity contribution in [1.29, 1.82) is 0 Å². The summed E-state index contributed by atoms with van der Waals surface area (Å²) >= 11 is 0. The number of allylic oxidation sites excluding steroid dienone is 1. The van der Waals surface area contributed by atoms with Crippen molar-refractivity contribution in [3.05, 3.63) is 102 Å². The van der Waals surface area contributed by atoms with Crippen LogP contribution in [0.3, 0.4) is 0 Å². The average molecular weight is 484 g/mol. The van der Waals surface area contributed by atoms with E-state index in [1.165, 1.54) is 12.1 Å². The first-order valence-electron chi connectivity index (χ1n) is 11.4. The molecule has 1 amide bonds. The third kappa shape index (κ3) is 4.11. The maximum atomic E-state index is 14.0. The van der Waals surface area contributed by atoms with E-state index in [4.69, 9.17) is 9.15 Å². The number of fused-ring (bicyclic) bond motifs is 2. The number of aryl methyl sites for hydroxylation is 1. The summed E-state index contributed by atoms with van der Waals surface area (Å²) in [5.74, 6) is -1.52. The molecular weight excluding hydrogens is 460 g/mol. The fraction of sp³-hybridized carbons (Fsp3) is 0.100. The molecule has 180 valence electrons. The fourth-order valence-electron chi connectivity index (χ4n) is 4.57. The third-order valence-corrected chi connectivity index (χ3v) is 6.29. The van der Waals surface area contributed by atoms with E-state index < -0.39 is 17.5 Å². The van der Waals surface area contributed by atoms with Gasteiger partial charge in [-0.15, -0.1) is 0 Å². The first-order chi connectivity index (χ1) is 17.4. The van der Waals surface area contributed by atoms with Crippen LogP contribution in [0.5, 0.6) is 5.75 Å². The Morgan fingerprint density at radius 1 is 0.972 bits per heavy atom. The number of benzene rings is 4. The molecule has 0 aliphatic heterocycles. The van der Waals surface area contributed by atoms with Crippen LogP contribution in [0.15, 0.2) is 83.5 Å². The van der Waals surface area contributed by atoms with Gasteiger partial charge in [0.1, 0.15) is 23.0 Å². The zero-order valence-corrected chi connectivity index (χ0v) is 20.0. The van der Waals surface area contributed by atoms with Gasteiger partial charge in [-0.1, -0.05) is 42.5 Å². The minimum atomic E-state index is -0.845. The molecular formula is C30H23F2NO3. The van der Waals surface area contributed by atoms with Crippen LogP contribution in [-0.4, -0.2) is 13.0 Å². The molecule has 0 fully saturated rings. The van der Waals surface area contributed by atoms with Gasteiger partial charge >= 0.3 is 0 Å². The van der Waals surface area contributed by atoms with E-state index in [-0.39, 0.29) is 5.69 Å². The van der Waals surface area contributed by atoms with Crippen molar-refractivity contribution in [2.24, 2.45) is 0 Å². The number of anilines is 1. The maximum Gasteiger partial charge on any atom is 0.248 e. The van der Waals surface area contributed by atoms with Crippen molar-refractivity contribution >= 4 is 38.9 Å². The largest absolute Gasteiger partial charge is 0.496 e. The summed E-state index contributed by atoms with van der Waals surface area (Å²) < 4.78 is 38.9. The lowest BCUT2D eigenvalue weighted by Crippen LogP contribution is -2.10. The van der Waals surface area contributed by atoms with Gasteiger partial charge < -0.3 is 14.5 Å². The van der Waals surface area contributed by atoms with Crippen LogP contribution in [0, 0.1) is 18.6 Å². The number of nitrogens with one attached hydrogen (secondary N) is 1. The lowest BCUT2D eigenvalue weighted by atomic mass is 9.94. The van der Waals surface area contributed by atoms with E-state index in [0.717, 1.165) is 45.0 Å². The van der Waals surface area contributed by atoms with Gasteiger partial charge in [0, 0.05) is 34.2 Å². The van der Waals surface area contributed by atoms with Gasteiger partial charge in [0.05, 0.1) is 19.1 Å². The first kappa shape index (κ1) is 23.3. The zero-order chi connectivity index (χ0) is 25.4. The second-order valence-electron chi connectivity index (χ2n) is 8.58. The number of ether oxygens (including phenoxy) is 1. The van der Waals surface area contributed by atoms with Crippen molar-refractivity contribution in [3.8, 4) is 16.9 Å². The summed E-state index contributed by atoms with van der Waals surface area (Å²) in [5, 5.41) is 5.57. The normalized spacial score (nSPS) is 11.8. The highest BCUT2D eigenvalue weighted by Gasteiger charge is 2.20. The van der Waals surface area contributed by atoms with Gasteiger partial charge in [-0.3, -0.25) is 4.79 Å². The Morgan fingerprint density at radius 3 is 2.53 bits per heavy atom. The summed E-state index contributed by atoms with van der Waals surface area (Å²) in [5.41, 5.74) is 4.69. The van der Waals surface area contributed by atoms with Crippen LogP contribution in [0.1, 0.15) is 18.1 Å². The van der Waals surface area contributed by atoms with Gasteiger partial charge in [0.25, 0.3) is 0 Å². The monoisotopic (exact) mass is 483 g/mol. The molecule has 0 saturated carbocycles. The molecule has 4 nitrogen and oxygen atoms in total.